The fourth-order valence-electron chi connectivity index (χ4n) is 6.37. The Morgan fingerprint density at radius 1 is 1.10 bits per heavy atom. The molecule has 0 aliphatic carbocycles. The number of nitrogens with zero attached hydrogens (tertiary/aromatic N) is 6. The van der Waals surface area contributed by atoms with Gasteiger partial charge in [-0.05, 0) is 58.2 Å². The maximum atomic E-state index is 14.3. The molecule has 0 spiro atoms. The van der Waals surface area contributed by atoms with Crippen LogP contribution >= 0.6 is 21.8 Å². The van der Waals surface area contributed by atoms with Crippen molar-refractivity contribution >= 4 is 56.6 Å². The lowest BCUT2D eigenvalue weighted by molar-refractivity contribution is -0.119. The highest BCUT2D eigenvalue weighted by Gasteiger charge is 2.65. The average Bonchev–Trinajstić information content (AvgIpc) is 3.47. The normalized spacial score (nSPS) is 21.6. The number of aromatic nitrogens is 4. The number of allylic oxidation sites excluding steroid dienone is 1. The summed E-state index contributed by atoms with van der Waals surface area (Å²) in [5.41, 5.74) is -0.0556. The minimum Gasteiger partial charge on any atom is -0.444 e. The van der Waals surface area contributed by atoms with Crippen LogP contribution in [0.3, 0.4) is 0 Å². The van der Waals surface area contributed by atoms with Crippen molar-refractivity contribution in [3.63, 3.8) is 0 Å². The average molecular weight is 750 g/mol. The lowest BCUT2D eigenvalue weighted by Gasteiger charge is -2.40. The van der Waals surface area contributed by atoms with Crippen LogP contribution in [-0.2, 0) is 14.3 Å². The van der Waals surface area contributed by atoms with Crippen molar-refractivity contribution < 1.29 is 38.5 Å². The van der Waals surface area contributed by atoms with E-state index < -0.39 is 55.3 Å². The Kier molecular flexibility index (Phi) is 8.50. The van der Waals surface area contributed by atoms with Crippen LogP contribution in [-0.4, -0.2) is 81.1 Å². The Labute approximate surface area is 288 Å². The van der Waals surface area contributed by atoms with E-state index in [2.05, 4.69) is 15.4 Å². The first kappa shape index (κ1) is 35.9. The van der Waals surface area contributed by atoms with Crippen molar-refractivity contribution in [2.75, 3.05) is 49.6 Å². The quantitative estimate of drug-likeness (QED) is 0.273. The van der Waals surface area contributed by atoms with Gasteiger partial charge in [0.1, 0.15) is 22.2 Å². The number of rotatable bonds is 5. The number of amides is 2. The molecule has 1 saturated heterocycles. The molecule has 3 aliphatic heterocycles. The largest absolute Gasteiger partial charge is 0.444 e. The van der Waals surface area contributed by atoms with Crippen LogP contribution in [0, 0.1) is 0 Å². The Hall–Kier alpha value is -3.90. The second kappa shape index (κ2) is 11.8. The number of hydrogen-bond donors (Lipinski definition) is 1. The van der Waals surface area contributed by atoms with Gasteiger partial charge in [0.05, 0.1) is 23.0 Å². The Bertz CT molecular complexity index is 1970. The fraction of sp³-hybridized carbons (Fsp3) is 0.516. The topological polar surface area (TPSA) is 123 Å². The molecule has 1 N–H and O–H groups in total. The van der Waals surface area contributed by atoms with Crippen LogP contribution in [0.1, 0.15) is 70.4 Å². The zero-order valence-corrected chi connectivity index (χ0v) is 29.3. The van der Waals surface area contributed by atoms with Gasteiger partial charge in [0, 0.05) is 44.3 Å². The Morgan fingerprint density at radius 3 is 2.44 bits per heavy atom. The van der Waals surface area contributed by atoms with Crippen molar-refractivity contribution in [2.24, 2.45) is 0 Å². The molecule has 19 heteroatoms. The monoisotopic (exact) mass is 749 g/mol. The summed E-state index contributed by atoms with van der Waals surface area (Å²) in [4.78, 5) is 46.8. The van der Waals surface area contributed by atoms with E-state index in [1.54, 1.807) is 30.2 Å². The lowest BCUT2D eigenvalue weighted by atomic mass is 10.0. The van der Waals surface area contributed by atoms with Crippen LogP contribution < -0.4 is 15.8 Å². The van der Waals surface area contributed by atoms with Crippen molar-refractivity contribution in [3.05, 3.63) is 51.2 Å². The summed E-state index contributed by atoms with van der Waals surface area (Å²) in [5.74, 6) is -0.814. The van der Waals surface area contributed by atoms with Gasteiger partial charge in [-0.15, -0.1) is 5.10 Å². The number of fused-ring (bicyclic) bond motifs is 3. The van der Waals surface area contributed by atoms with Crippen LogP contribution in [0.15, 0.2) is 34.0 Å². The van der Waals surface area contributed by atoms with E-state index in [9.17, 15) is 33.8 Å². The van der Waals surface area contributed by atoms with Gasteiger partial charge in [-0.3, -0.25) is 14.2 Å². The number of hydrogen-bond acceptors (Lipinski definition) is 8. The molecule has 0 unspecified atom stereocenters. The molecule has 274 valence electrons. The molecule has 2 aromatic heterocycles. The smallest absolute Gasteiger partial charge is 0.410 e. The molecule has 3 aromatic rings. The molecule has 6 rings (SSSR count). The first-order chi connectivity index (χ1) is 23.1. The predicted molar refractivity (Wildman–Crippen MR) is 179 cm³/mol. The lowest BCUT2D eigenvalue weighted by Crippen LogP contribution is -2.51. The molecule has 1 aromatic carbocycles. The van der Waals surface area contributed by atoms with Crippen LogP contribution in [0.5, 0.6) is 0 Å². The Morgan fingerprint density at radius 2 is 1.80 bits per heavy atom. The van der Waals surface area contributed by atoms with E-state index in [4.69, 9.17) is 21.1 Å². The molecule has 0 radical (unpaired) electrons. The van der Waals surface area contributed by atoms with Crippen LogP contribution in [0.4, 0.5) is 35.6 Å². The summed E-state index contributed by atoms with van der Waals surface area (Å²) in [6.45, 7) is 8.92. The van der Waals surface area contributed by atoms with Gasteiger partial charge >= 0.3 is 16.3 Å². The summed E-state index contributed by atoms with van der Waals surface area (Å²) < 4.78 is 80.9. The molecule has 12 nitrogen and oxygen atoms in total. The number of benzene rings is 1. The highest BCUT2D eigenvalue weighted by Crippen LogP contribution is 3.02. The van der Waals surface area contributed by atoms with E-state index in [0.29, 0.717) is 30.4 Å². The number of piperazine rings is 1. The van der Waals surface area contributed by atoms with E-state index in [1.807, 2.05) is 17.9 Å². The SMILES string of the molecule is C[C@H]1C[C@@H](C(=O)Nc2ccc(S(F)(F)(F)(F)F)cc2Cl)n2c1c(N1CCN(C(=O)OC(C)(C)C)CC1)c(=O)n1nc(C3=CCCCOC3)nc21. The third-order valence-corrected chi connectivity index (χ3v) is 10.1. The van der Waals surface area contributed by atoms with E-state index in [1.165, 1.54) is 0 Å². The van der Waals surface area contributed by atoms with Crippen molar-refractivity contribution in [3.8, 4) is 0 Å². The van der Waals surface area contributed by atoms with Gasteiger partial charge in [-0.1, -0.05) is 44.0 Å². The van der Waals surface area contributed by atoms with Crippen LogP contribution in [0.25, 0.3) is 11.4 Å². The summed E-state index contributed by atoms with van der Waals surface area (Å²) in [5, 5.41) is 6.30. The van der Waals surface area contributed by atoms with Gasteiger partial charge < -0.3 is 24.6 Å². The highest BCUT2D eigenvalue weighted by molar-refractivity contribution is 8.45. The summed E-state index contributed by atoms with van der Waals surface area (Å²) in [6, 6.07) is -0.114. The second-order valence-corrected chi connectivity index (χ2v) is 16.5. The molecule has 0 bridgehead atoms. The van der Waals surface area contributed by atoms with Gasteiger partial charge in [0.15, 0.2) is 5.82 Å². The number of carbonyl (C=O) groups excluding carboxylic acids is 2. The highest BCUT2D eigenvalue weighted by atomic mass is 35.5. The first-order valence-corrected chi connectivity index (χ1v) is 18.3. The maximum Gasteiger partial charge on any atom is 0.410 e. The minimum atomic E-state index is -10.0. The fourth-order valence-corrected chi connectivity index (χ4v) is 7.32. The summed E-state index contributed by atoms with van der Waals surface area (Å²) in [7, 11) is -10.0. The number of ether oxygens (including phenoxy) is 2. The molecular weight excluding hydrogens is 713 g/mol. The van der Waals surface area contributed by atoms with Gasteiger partial charge in [0.2, 0.25) is 11.7 Å². The molecule has 3 aliphatic rings. The molecule has 5 heterocycles. The summed E-state index contributed by atoms with van der Waals surface area (Å²) in [6.07, 6.45) is 3.10. The number of anilines is 2. The van der Waals surface area contributed by atoms with Gasteiger partial charge in [0.25, 0.3) is 5.56 Å². The summed E-state index contributed by atoms with van der Waals surface area (Å²) >= 11 is 5.99. The molecule has 0 saturated carbocycles. The molecule has 2 atom stereocenters. The minimum absolute atomic E-state index is 0.0631. The zero-order valence-electron chi connectivity index (χ0n) is 27.7. The Balaban J connectivity index is 1.40. The zero-order chi connectivity index (χ0) is 36.5. The third-order valence-electron chi connectivity index (χ3n) is 8.68. The van der Waals surface area contributed by atoms with Crippen molar-refractivity contribution in [1.82, 2.24) is 24.1 Å². The number of nitrogens with one attached hydrogen (secondary N) is 1. The third kappa shape index (κ3) is 7.14. The van der Waals surface area contributed by atoms with E-state index in [-0.39, 0.29) is 74.3 Å². The number of halogens is 6. The second-order valence-electron chi connectivity index (χ2n) is 13.7. The molecule has 1 fully saturated rings. The van der Waals surface area contributed by atoms with Crippen LogP contribution in [0.2, 0.25) is 5.02 Å². The van der Waals surface area contributed by atoms with E-state index in [0.717, 1.165) is 10.9 Å². The standard InChI is InChI=1S/C31H37ClF5N7O5S/c1-18-15-23(27(45)38-22-9-8-20(16-21(22)32)50(33,34,35,36)37)43-24(18)25(41-10-12-42(13-11-41)30(47)49-31(2,3)4)28(46)44-29(43)39-26(40-44)19-7-5-6-14-48-17-19/h7-9,16,18,23H,5-6,10-15,17H2,1-4H3,(H,38,45)/t18-,23-/m0/s1. The van der Waals surface area contributed by atoms with E-state index >= 15 is 0 Å². The predicted octanol–water partition coefficient (Wildman–Crippen LogP) is 7.14. The number of carbonyl (C=O) groups is 2. The maximum absolute atomic E-state index is 14.3. The van der Waals surface area contributed by atoms with Gasteiger partial charge in [-0.25, -0.2) is 4.79 Å². The molecule has 50 heavy (non-hydrogen) atoms. The van der Waals surface area contributed by atoms with Crippen molar-refractivity contribution in [2.45, 2.75) is 69.4 Å². The van der Waals surface area contributed by atoms with Gasteiger partial charge in [-0.2, -0.15) is 9.50 Å². The molecule has 2 amide bonds. The first-order valence-electron chi connectivity index (χ1n) is 16.0. The van der Waals surface area contributed by atoms with Crippen molar-refractivity contribution in [1.29, 1.82) is 0 Å². The molecular formula is C31H37ClF5N7O5S.